The Labute approximate surface area is 222 Å². The molecule has 0 fully saturated rings. The third-order valence-electron chi connectivity index (χ3n) is 7.84. The molecule has 0 unspecified atom stereocenters. The first-order valence-corrected chi connectivity index (χ1v) is 13.0. The fraction of sp³-hybridized carbons (Fsp3) is 0. The van der Waals surface area contributed by atoms with Crippen molar-refractivity contribution in [2.45, 2.75) is 0 Å². The molecule has 5 aromatic carbocycles. The minimum atomic E-state index is 0.558. The Morgan fingerprint density at radius 1 is 0.462 bits per heavy atom. The molecule has 4 heterocycles. The molecule has 0 aliphatic heterocycles. The van der Waals surface area contributed by atoms with Gasteiger partial charge in [0, 0.05) is 56.8 Å². The third kappa shape index (κ3) is 2.79. The molecule has 0 spiro atoms. The zero-order valence-electron chi connectivity index (χ0n) is 20.7. The van der Waals surface area contributed by atoms with Gasteiger partial charge in [-0.15, -0.1) is 0 Å². The van der Waals surface area contributed by atoms with Crippen LogP contribution in [0.1, 0.15) is 0 Å². The summed E-state index contributed by atoms with van der Waals surface area (Å²) in [6.45, 7) is 0. The lowest BCUT2D eigenvalue weighted by atomic mass is 10.1. The van der Waals surface area contributed by atoms with Crippen LogP contribution in [-0.4, -0.2) is 19.1 Å². The summed E-state index contributed by atoms with van der Waals surface area (Å²) in [4.78, 5) is 8.82. The number of fused-ring (bicyclic) bond motifs is 9. The maximum Gasteiger partial charge on any atom is 0.246 e. The highest BCUT2D eigenvalue weighted by molar-refractivity contribution is 6.12. The van der Waals surface area contributed by atoms with Crippen LogP contribution in [0.15, 0.2) is 126 Å². The Balaban J connectivity index is 1.33. The molecule has 182 valence electrons. The van der Waals surface area contributed by atoms with Crippen LogP contribution in [0.4, 0.5) is 0 Å². The van der Waals surface area contributed by atoms with E-state index in [2.05, 4.69) is 128 Å². The highest BCUT2D eigenvalue weighted by atomic mass is 16.3. The van der Waals surface area contributed by atoms with Gasteiger partial charge in [-0.05, 0) is 48.5 Å². The van der Waals surface area contributed by atoms with Gasteiger partial charge in [0.25, 0.3) is 0 Å². The standard InChI is InChI=1S/C34H20N4O/c1-4-10-28-23(7-1)24-8-2-5-11-29(24)37(28)21-14-16-31-27(19-21)25-9-3-6-12-30(25)38(31)22-13-15-26-32(20-22)39-34-33(26)35-17-18-36-34/h1-20H. The van der Waals surface area contributed by atoms with Gasteiger partial charge in [-0.25, -0.2) is 9.97 Å². The molecule has 0 N–H and O–H groups in total. The van der Waals surface area contributed by atoms with Crippen molar-refractivity contribution in [1.29, 1.82) is 0 Å². The van der Waals surface area contributed by atoms with E-state index in [0.717, 1.165) is 38.9 Å². The predicted octanol–water partition coefficient (Wildman–Crippen LogP) is 8.57. The highest BCUT2D eigenvalue weighted by Gasteiger charge is 2.17. The van der Waals surface area contributed by atoms with Crippen molar-refractivity contribution in [1.82, 2.24) is 19.1 Å². The Bertz CT molecular complexity index is 2350. The summed E-state index contributed by atoms with van der Waals surface area (Å²) < 4.78 is 10.8. The molecule has 0 aliphatic rings. The van der Waals surface area contributed by atoms with Crippen molar-refractivity contribution in [3.05, 3.63) is 122 Å². The van der Waals surface area contributed by atoms with Crippen LogP contribution in [-0.2, 0) is 0 Å². The molecule has 0 saturated heterocycles. The van der Waals surface area contributed by atoms with Gasteiger partial charge >= 0.3 is 0 Å². The van der Waals surface area contributed by atoms with Crippen LogP contribution < -0.4 is 0 Å². The van der Waals surface area contributed by atoms with E-state index < -0.39 is 0 Å². The lowest BCUT2D eigenvalue weighted by Crippen LogP contribution is -1.95. The van der Waals surface area contributed by atoms with E-state index in [-0.39, 0.29) is 0 Å². The normalized spacial score (nSPS) is 12.1. The SMILES string of the molecule is c1ccc2c(c1)c1ccccc1n2-c1ccc2c(c1)c1ccccc1n2-c1ccc2c(c1)oc1nccnc12. The molecular weight excluding hydrogens is 480 g/mol. The summed E-state index contributed by atoms with van der Waals surface area (Å²) in [6.07, 6.45) is 3.36. The lowest BCUT2D eigenvalue weighted by Gasteiger charge is -2.10. The van der Waals surface area contributed by atoms with E-state index in [1.54, 1.807) is 12.4 Å². The zero-order chi connectivity index (χ0) is 25.5. The Morgan fingerprint density at radius 2 is 1.00 bits per heavy atom. The number of rotatable bonds is 2. The predicted molar refractivity (Wildman–Crippen MR) is 158 cm³/mol. The molecule has 5 nitrogen and oxygen atoms in total. The Hall–Kier alpha value is -5.42. The molecule has 0 saturated carbocycles. The van der Waals surface area contributed by atoms with Crippen LogP contribution in [0.5, 0.6) is 0 Å². The van der Waals surface area contributed by atoms with E-state index >= 15 is 0 Å². The molecule has 9 rings (SSSR count). The van der Waals surface area contributed by atoms with Crippen LogP contribution in [0, 0.1) is 0 Å². The number of hydrogen-bond donors (Lipinski definition) is 0. The van der Waals surface area contributed by atoms with Crippen molar-refractivity contribution < 1.29 is 4.42 Å². The minimum Gasteiger partial charge on any atom is -0.436 e. The van der Waals surface area contributed by atoms with Crippen LogP contribution in [0.25, 0.3) is 77.2 Å². The number of para-hydroxylation sites is 3. The first-order valence-electron chi connectivity index (χ1n) is 13.0. The summed E-state index contributed by atoms with van der Waals surface area (Å²) >= 11 is 0. The van der Waals surface area contributed by atoms with Gasteiger partial charge in [0.1, 0.15) is 11.1 Å². The first-order chi connectivity index (χ1) is 19.3. The summed E-state index contributed by atoms with van der Waals surface area (Å²) in [5.41, 5.74) is 9.02. The fourth-order valence-electron chi connectivity index (χ4n) is 6.20. The van der Waals surface area contributed by atoms with Gasteiger partial charge in [-0.3, -0.25) is 0 Å². The van der Waals surface area contributed by atoms with Gasteiger partial charge < -0.3 is 13.6 Å². The summed E-state index contributed by atoms with van der Waals surface area (Å²) in [5, 5.41) is 5.91. The molecular formula is C34H20N4O. The molecule has 5 heteroatoms. The van der Waals surface area contributed by atoms with E-state index in [1.165, 1.54) is 32.6 Å². The number of aromatic nitrogens is 4. The molecule has 0 radical (unpaired) electrons. The maximum atomic E-state index is 6.07. The second-order valence-electron chi connectivity index (χ2n) is 9.92. The van der Waals surface area contributed by atoms with Crippen molar-refractivity contribution in [3.8, 4) is 11.4 Å². The van der Waals surface area contributed by atoms with Gasteiger partial charge in [-0.1, -0.05) is 54.6 Å². The molecule has 0 amide bonds. The molecule has 9 aromatic rings. The second kappa shape index (κ2) is 7.55. The minimum absolute atomic E-state index is 0.558. The average molecular weight is 501 g/mol. The Kier molecular flexibility index (Phi) is 3.99. The number of hydrogen-bond acceptors (Lipinski definition) is 3. The number of benzene rings is 5. The highest BCUT2D eigenvalue weighted by Crippen LogP contribution is 2.37. The Morgan fingerprint density at radius 3 is 1.69 bits per heavy atom. The molecule has 0 bridgehead atoms. The van der Waals surface area contributed by atoms with Crippen molar-refractivity contribution in [2.75, 3.05) is 0 Å². The van der Waals surface area contributed by atoms with Gasteiger partial charge in [0.15, 0.2) is 0 Å². The van der Waals surface area contributed by atoms with Crippen molar-refractivity contribution in [2.24, 2.45) is 0 Å². The number of nitrogens with zero attached hydrogens (tertiary/aromatic N) is 4. The fourth-order valence-corrected chi connectivity index (χ4v) is 6.20. The lowest BCUT2D eigenvalue weighted by molar-refractivity contribution is 0.652. The molecule has 0 aliphatic carbocycles. The van der Waals surface area contributed by atoms with Crippen molar-refractivity contribution in [3.63, 3.8) is 0 Å². The van der Waals surface area contributed by atoms with Gasteiger partial charge in [0.05, 0.1) is 22.1 Å². The van der Waals surface area contributed by atoms with E-state index in [1.807, 2.05) is 0 Å². The van der Waals surface area contributed by atoms with E-state index in [4.69, 9.17) is 4.42 Å². The first kappa shape index (κ1) is 20.6. The van der Waals surface area contributed by atoms with E-state index in [9.17, 15) is 0 Å². The molecule has 4 aromatic heterocycles. The summed E-state index contributed by atoms with van der Waals surface area (Å²) in [6, 6.07) is 39.0. The largest absolute Gasteiger partial charge is 0.436 e. The second-order valence-corrected chi connectivity index (χ2v) is 9.92. The van der Waals surface area contributed by atoms with Crippen LogP contribution in [0.3, 0.4) is 0 Å². The monoisotopic (exact) mass is 500 g/mol. The smallest absolute Gasteiger partial charge is 0.246 e. The van der Waals surface area contributed by atoms with Crippen molar-refractivity contribution >= 4 is 65.8 Å². The maximum absolute atomic E-state index is 6.07. The average Bonchev–Trinajstić information content (AvgIpc) is 3.64. The summed E-state index contributed by atoms with van der Waals surface area (Å²) in [5.74, 6) is 0. The molecule has 0 atom stereocenters. The molecule has 39 heavy (non-hydrogen) atoms. The number of furan rings is 1. The summed E-state index contributed by atoms with van der Waals surface area (Å²) in [7, 11) is 0. The quantitative estimate of drug-likeness (QED) is 0.239. The third-order valence-corrected chi connectivity index (χ3v) is 7.84. The zero-order valence-corrected chi connectivity index (χ0v) is 20.7. The van der Waals surface area contributed by atoms with Gasteiger partial charge in [0.2, 0.25) is 5.71 Å². The van der Waals surface area contributed by atoms with Gasteiger partial charge in [-0.2, -0.15) is 0 Å². The van der Waals surface area contributed by atoms with Crippen LogP contribution >= 0.6 is 0 Å². The topological polar surface area (TPSA) is 48.8 Å². The van der Waals surface area contributed by atoms with Crippen LogP contribution in [0.2, 0.25) is 0 Å². The van der Waals surface area contributed by atoms with E-state index in [0.29, 0.717) is 5.71 Å².